The van der Waals surface area contributed by atoms with E-state index in [4.69, 9.17) is 14.2 Å². The average molecular weight is 474 g/mol. The van der Waals surface area contributed by atoms with Crippen LogP contribution < -0.4 is 19.5 Å². The molecule has 1 fully saturated rings. The molecule has 2 aliphatic rings. The number of methoxy groups -OCH3 is 3. The maximum Gasteiger partial charge on any atom is 0.455 e. The molecule has 0 saturated heterocycles. The molecule has 0 bridgehead atoms. The fourth-order valence-electron chi connectivity index (χ4n) is 4.86. The molecule has 8 nitrogen and oxygen atoms in total. The second-order valence-electron chi connectivity index (χ2n) is 8.97. The van der Waals surface area contributed by atoms with Gasteiger partial charge in [0.05, 0.1) is 21.3 Å². The van der Waals surface area contributed by atoms with Gasteiger partial charge in [0, 0.05) is 25.3 Å². The molecule has 2 amide bonds. The van der Waals surface area contributed by atoms with Gasteiger partial charge in [-0.3, -0.25) is 9.59 Å². The maximum atomic E-state index is 12.9. The summed E-state index contributed by atoms with van der Waals surface area (Å²) in [5.74, 6) is 0.473. The summed E-state index contributed by atoms with van der Waals surface area (Å²) in [6.45, 7) is 0.463. The summed E-state index contributed by atoms with van der Waals surface area (Å²) < 4.78 is 17.5. The maximum absolute atomic E-state index is 12.9. The summed E-state index contributed by atoms with van der Waals surface area (Å²) in [6, 6.07) is 3.18. The zero-order valence-corrected chi connectivity index (χ0v) is 20.6. The van der Waals surface area contributed by atoms with Gasteiger partial charge in [-0.25, -0.2) is 4.79 Å². The molecule has 34 heavy (non-hydrogen) atoms. The number of ketones is 1. The van der Waals surface area contributed by atoms with Crippen LogP contribution in [-0.4, -0.2) is 62.3 Å². The molecule has 1 aromatic rings. The topological polar surface area (TPSA) is 93.9 Å². The summed E-state index contributed by atoms with van der Waals surface area (Å²) in [5, 5.41) is 2.95. The number of nitrogens with zero attached hydrogens (tertiary/aromatic N) is 1. The van der Waals surface area contributed by atoms with E-state index in [0.29, 0.717) is 49.5 Å². The van der Waals surface area contributed by atoms with E-state index in [0.717, 1.165) is 44.1 Å². The summed E-state index contributed by atoms with van der Waals surface area (Å²) in [6.07, 6.45) is 9.88. The summed E-state index contributed by atoms with van der Waals surface area (Å²) >= 11 is 0. The number of carbonyl (C=O) groups excluding carboxylic acids is 3. The fraction of sp³-hybridized carbons (Fsp3) is 0.615. The Bertz CT molecular complexity index is 895. The van der Waals surface area contributed by atoms with Crippen molar-refractivity contribution >= 4 is 23.8 Å². The third-order valence-electron chi connectivity index (χ3n) is 6.73. The van der Waals surface area contributed by atoms with E-state index < -0.39 is 11.9 Å². The molecule has 0 unspecified atom stereocenters. The zero-order chi connectivity index (χ0) is 24.5. The van der Waals surface area contributed by atoms with Crippen LogP contribution in [0.1, 0.15) is 63.4 Å². The molecular formula is C26H37N2O6+. The first-order valence-corrected chi connectivity index (χ1v) is 12.3. The highest BCUT2D eigenvalue weighted by Gasteiger charge is 2.42. The Morgan fingerprint density at radius 1 is 0.941 bits per heavy atom. The van der Waals surface area contributed by atoms with Crippen LogP contribution in [0.3, 0.4) is 0 Å². The number of amides is 2. The van der Waals surface area contributed by atoms with E-state index >= 15 is 0 Å². The Kier molecular flexibility index (Phi) is 9.48. The predicted octanol–water partition coefficient (Wildman–Crippen LogP) is 3.07. The minimum absolute atomic E-state index is 0.196. The van der Waals surface area contributed by atoms with Gasteiger partial charge in [-0.1, -0.05) is 19.3 Å². The Labute approximate surface area is 201 Å². The molecular weight excluding hydrogens is 436 g/mol. The summed E-state index contributed by atoms with van der Waals surface area (Å²) in [4.78, 5) is 38.6. The van der Waals surface area contributed by atoms with Crippen molar-refractivity contribution in [1.29, 1.82) is 0 Å². The molecule has 0 aromatic heterocycles. The summed E-state index contributed by atoms with van der Waals surface area (Å²) in [5.41, 5.74) is 1.00. The zero-order valence-electron chi connectivity index (χ0n) is 20.6. The van der Waals surface area contributed by atoms with Gasteiger partial charge in [-0.2, -0.15) is 4.58 Å². The minimum Gasteiger partial charge on any atom is -0.493 e. The second-order valence-corrected chi connectivity index (χ2v) is 8.97. The number of nitrogens with one attached hydrogen (secondary N) is 1. The smallest absolute Gasteiger partial charge is 0.455 e. The minimum atomic E-state index is -0.616. The first-order chi connectivity index (χ1) is 16.5. The molecule has 1 aromatic carbocycles. The van der Waals surface area contributed by atoms with Gasteiger partial charge in [-0.15, -0.1) is 0 Å². The van der Waals surface area contributed by atoms with Crippen molar-refractivity contribution in [2.75, 3.05) is 27.9 Å². The first kappa shape index (κ1) is 25.7. The molecule has 1 atom stereocenters. The van der Waals surface area contributed by atoms with Gasteiger partial charge in [0.25, 0.3) is 11.7 Å². The number of aryl methyl sites for hydroxylation is 1. The lowest BCUT2D eigenvalue weighted by Gasteiger charge is -2.21. The second kappa shape index (κ2) is 12.5. The van der Waals surface area contributed by atoms with Crippen molar-refractivity contribution in [1.82, 2.24) is 5.32 Å². The van der Waals surface area contributed by atoms with Crippen molar-refractivity contribution in [3.8, 4) is 17.2 Å². The van der Waals surface area contributed by atoms with Crippen LogP contribution in [0.25, 0.3) is 0 Å². The van der Waals surface area contributed by atoms with Crippen molar-refractivity contribution in [2.45, 2.75) is 70.3 Å². The SMILES string of the molecule is COc1cc(CCCNC(=O)[C@@H]2CCCC=[N+]2C(=O)C(=O)C2CCCCC2)cc(OC)c1OC. The Morgan fingerprint density at radius 2 is 1.62 bits per heavy atom. The lowest BCUT2D eigenvalue weighted by Crippen LogP contribution is -2.49. The van der Waals surface area contributed by atoms with Gasteiger partial charge in [0.2, 0.25) is 11.8 Å². The largest absolute Gasteiger partial charge is 0.493 e. The lowest BCUT2D eigenvalue weighted by molar-refractivity contribution is -0.472. The van der Waals surface area contributed by atoms with Crippen molar-refractivity contribution < 1.29 is 33.2 Å². The van der Waals surface area contributed by atoms with Crippen LogP contribution >= 0.6 is 0 Å². The number of ether oxygens (including phenoxy) is 3. The van der Waals surface area contributed by atoms with Crippen LogP contribution in [0, 0.1) is 5.92 Å². The van der Waals surface area contributed by atoms with Crippen LogP contribution in [0.2, 0.25) is 0 Å². The number of carbonyl (C=O) groups is 3. The Morgan fingerprint density at radius 3 is 2.24 bits per heavy atom. The van der Waals surface area contributed by atoms with E-state index in [1.807, 2.05) is 12.1 Å². The lowest BCUT2D eigenvalue weighted by atomic mass is 9.85. The normalized spacial score (nSPS) is 18.6. The molecule has 1 aliphatic heterocycles. The monoisotopic (exact) mass is 473 g/mol. The molecule has 186 valence electrons. The molecule has 8 heteroatoms. The molecule has 0 spiro atoms. The van der Waals surface area contributed by atoms with E-state index in [1.54, 1.807) is 27.5 Å². The van der Waals surface area contributed by atoms with Crippen molar-refractivity contribution in [3.05, 3.63) is 17.7 Å². The number of hydrogen-bond donors (Lipinski definition) is 1. The van der Waals surface area contributed by atoms with Crippen LogP contribution in [0.4, 0.5) is 0 Å². The average Bonchev–Trinajstić information content (AvgIpc) is 2.89. The predicted molar refractivity (Wildman–Crippen MR) is 128 cm³/mol. The van der Waals surface area contributed by atoms with Crippen LogP contribution in [0.5, 0.6) is 17.2 Å². The summed E-state index contributed by atoms with van der Waals surface area (Å²) in [7, 11) is 4.72. The molecule has 0 radical (unpaired) electrons. The molecule has 1 aliphatic carbocycles. The number of Topliss-reactive ketones (excluding diaryl/α,β-unsaturated/α-hetero) is 1. The van der Waals surface area contributed by atoms with Crippen LogP contribution in [0.15, 0.2) is 12.1 Å². The molecule has 3 rings (SSSR count). The Hall–Kier alpha value is -2.90. The fourth-order valence-corrected chi connectivity index (χ4v) is 4.86. The standard InChI is InChI=1S/C26H36N2O6/c1-32-21-16-18(17-22(33-2)24(21)34-3)10-9-14-27-25(30)20-13-7-8-15-28(20)26(31)23(29)19-11-5-4-6-12-19/h15-17,19-20H,4-14H2,1-3H3/p+1/t20-/m0/s1. The van der Waals surface area contributed by atoms with Gasteiger partial charge in [0.1, 0.15) is 6.21 Å². The molecule has 1 heterocycles. The number of benzene rings is 1. The molecule has 1 saturated carbocycles. The van der Waals surface area contributed by atoms with E-state index in [-0.39, 0.29) is 17.6 Å². The number of rotatable bonds is 10. The first-order valence-electron chi connectivity index (χ1n) is 12.3. The van der Waals surface area contributed by atoms with Gasteiger partial charge < -0.3 is 19.5 Å². The van der Waals surface area contributed by atoms with Crippen molar-refractivity contribution in [2.24, 2.45) is 5.92 Å². The van der Waals surface area contributed by atoms with Crippen LogP contribution in [-0.2, 0) is 20.8 Å². The van der Waals surface area contributed by atoms with Crippen molar-refractivity contribution in [3.63, 3.8) is 0 Å². The van der Waals surface area contributed by atoms with Gasteiger partial charge in [0.15, 0.2) is 11.5 Å². The quantitative estimate of drug-likeness (QED) is 0.319. The van der Waals surface area contributed by atoms with E-state index in [2.05, 4.69) is 5.32 Å². The molecule has 1 N–H and O–H groups in total. The van der Waals surface area contributed by atoms with E-state index in [9.17, 15) is 14.4 Å². The Balaban J connectivity index is 1.55. The highest BCUT2D eigenvalue weighted by atomic mass is 16.5. The highest BCUT2D eigenvalue weighted by Crippen LogP contribution is 2.38. The van der Waals surface area contributed by atoms with E-state index in [1.165, 1.54) is 4.58 Å². The highest BCUT2D eigenvalue weighted by molar-refractivity contribution is 6.34. The van der Waals surface area contributed by atoms with Gasteiger partial charge in [-0.05, 0) is 49.8 Å². The third-order valence-corrected chi connectivity index (χ3v) is 6.73. The number of hydrogen-bond acceptors (Lipinski definition) is 6. The van der Waals surface area contributed by atoms with Gasteiger partial charge >= 0.3 is 5.91 Å². The third kappa shape index (κ3) is 6.15.